The van der Waals surface area contributed by atoms with Crippen LogP contribution in [0.25, 0.3) is 11.1 Å². The van der Waals surface area contributed by atoms with Crippen LogP contribution in [0.15, 0.2) is 52.1 Å². The number of thioether (sulfide) groups is 1. The molecule has 0 radical (unpaired) electrons. The number of benzene rings is 2. The molecule has 3 aromatic rings. The van der Waals surface area contributed by atoms with E-state index in [0.717, 1.165) is 5.75 Å². The van der Waals surface area contributed by atoms with E-state index in [2.05, 4.69) is 10.3 Å². The van der Waals surface area contributed by atoms with E-state index in [4.69, 9.17) is 20.8 Å². The number of rotatable bonds is 5. The third kappa shape index (κ3) is 3.97. The number of carbonyl (C=O) groups excluding carboxylic acids is 1. The first-order valence-electron chi connectivity index (χ1n) is 6.77. The number of aromatic nitrogens is 1. The van der Waals surface area contributed by atoms with Gasteiger partial charge in [0.15, 0.2) is 5.58 Å². The van der Waals surface area contributed by atoms with Gasteiger partial charge in [0.25, 0.3) is 5.22 Å². The van der Waals surface area contributed by atoms with Crippen molar-refractivity contribution in [3.63, 3.8) is 0 Å². The highest BCUT2D eigenvalue weighted by molar-refractivity contribution is 7.99. The Kier molecular flexibility index (Phi) is 4.73. The second kappa shape index (κ2) is 6.93. The predicted octanol–water partition coefficient (Wildman–Crippen LogP) is 4.22. The van der Waals surface area contributed by atoms with Gasteiger partial charge in [-0.05, 0) is 42.5 Å². The van der Waals surface area contributed by atoms with Crippen LogP contribution in [-0.4, -0.2) is 23.8 Å². The van der Waals surface area contributed by atoms with Crippen molar-refractivity contribution in [3.8, 4) is 5.75 Å². The Balaban J connectivity index is 1.58. The smallest absolute Gasteiger partial charge is 0.257 e. The highest BCUT2D eigenvalue weighted by Gasteiger charge is 2.10. The fourth-order valence-corrected chi connectivity index (χ4v) is 2.74. The van der Waals surface area contributed by atoms with E-state index in [1.165, 1.54) is 11.8 Å². The molecule has 0 aliphatic carbocycles. The number of nitrogens with one attached hydrogen (secondary N) is 1. The number of oxazole rings is 1. The molecule has 0 bridgehead atoms. The molecule has 0 aliphatic heterocycles. The van der Waals surface area contributed by atoms with Gasteiger partial charge in [0.2, 0.25) is 5.91 Å². The number of methoxy groups -OCH3 is 1. The summed E-state index contributed by atoms with van der Waals surface area (Å²) in [6, 6.07) is 12.3. The molecule has 1 amide bonds. The van der Waals surface area contributed by atoms with Crippen molar-refractivity contribution in [2.24, 2.45) is 0 Å². The van der Waals surface area contributed by atoms with Gasteiger partial charge in [-0.3, -0.25) is 4.79 Å². The zero-order valence-corrected chi connectivity index (χ0v) is 13.8. The molecule has 7 heteroatoms. The number of carbonyl (C=O) groups is 1. The summed E-state index contributed by atoms with van der Waals surface area (Å²) in [5.74, 6) is 0.801. The highest BCUT2D eigenvalue weighted by Crippen LogP contribution is 2.25. The van der Waals surface area contributed by atoms with Gasteiger partial charge < -0.3 is 14.5 Å². The van der Waals surface area contributed by atoms with Gasteiger partial charge in [-0.1, -0.05) is 23.4 Å². The maximum absolute atomic E-state index is 12.0. The SMILES string of the molecule is COc1ccc(NC(=O)CSc2nc3cc(Cl)ccc3o2)cc1. The van der Waals surface area contributed by atoms with E-state index < -0.39 is 0 Å². The summed E-state index contributed by atoms with van der Waals surface area (Å²) in [6.45, 7) is 0. The second-order valence-electron chi connectivity index (χ2n) is 4.66. The van der Waals surface area contributed by atoms with E-state index in [-0.39, 0.29) is 11.7 Å². The van der Waals surface area contributed by atoms with Crippen LogP contribution in [0.2, 0.25) is 5.02 Å². The van der Waals surface area contributed by atoms with Gasteiger partial charge in [-0.2, -0.15) is 0 Å². The molecule has 1 heterocycles. The Hall–Kier alpha value is -2.18. The maximum atomic E-state index is 12.0. The molecule has 0 atom stereocenters. The Morgan fingerprint density at radius 1 is 1.30 bits per heavy atom. The van der Waals surface area contributed by atoms with Crippen molar-refractivity contribution in [2.45, 2.75) is 5.22 Å². The van der Waals surface area contributed by atoms with Crippen LogP contribution >= 0.6 is 23.4 Å². The predicted molar refractivity (Wildman–Crippen MR) is 91.4 cm³/mol. The number of fused-ring (bicyclic) bond motifs is 1. The number of halogens is 1. The number of hydrogen-bond donors (Lipinski definition) is 1. The fraction of sp³-hybridized carbons (Fsp3) is 0.125. The van der Waals surface area contributed by atoms with E-state index >= 15 is 0 Å². The second-order valence-corrected chi connectivity index (χ2v) is 6.02. The number of anilines is 1. The molecule has 0 fully saturated rings. The van der Waals surface area contributed by atoms with E-state index in [9.17, 15) is 4.79 Å². The molecule has 0 unspecified atom stereocenters. The summed E-state index contributed by atoms with van der Waals surface area (Å²) in [5, 5.41) is 3.83. The first kappa shape index (κ1) is 15.7. The zero-order chi connectivity index (χ0) is 16.2. The Bertz CT molecular complexity index is 833. The quantitative estimate of drug-likeness (QED) is 0.699. The Morgan fingerprint density at radius 2 is 2.09 bits per heavy atom. The zero-order valence-electron chi connectivity index (χ0n) is 12.2. The highest BCUT2D eigenvalue weighted by atomic mass is 35.5. The molecule has 23 heavy (non-hydrogen) atoms. The molecular formula is C16H13ClN2O3S. The van der Waals surface area contributed by atoms with Crippen LogP contribution in [0.3, 0.4) is 0 Å². The largest absolute Gasteiger partial charge is 0.497 e. The molecule has 0 aliphatic rings. The summed E-state index contributed by atoms with van der Waals surface area (Å²) < 4.78 is 10.6. The molecule has 118 valence electrons. The normalized spacial score (nSPS) is 10.7. The number of amides is 1. The van der Waals surface area contributed by atoms with Gasteiger partial charge >= 0.3 is 0 Å². The molecule has 0 saturated carbocycles. The molecule has 3 rings (SSSR count). The van der Waals surface area contributed by atoms with Gasteiger partial charge in [0, 0.05) is 10.7 Å². The first-order chi connectivity index (χ1) is 11.1. The van der Waals surface area contributed by atoms with Gasteiger partial charge in [0.05, 0.1) is 12.9 Å². The minimum absolute atomic E-state index is 0.138. The minimum Gasteiger partial charge on any atom is -0.497 e. The monoisotopic (exact) mass is 348 g/mol. The van der Waals surface area contributed by atoms with E-state index in [1.54, 1.807) is 49.6 Å². The molecule has 1 aromatic heterocycles. The van der Waals surface area contributed by atoms with Crippen LogP contribution in [0.5, 0.6) is 5.75 Å². The standard InChI is InChI=1S/C16H13ClN2O3S/c1-21-12-5-3-11(4-6-12)18-15(20)9-23-16-19-13-8-10(17)2-7-14(13)22-16/h2-8H,9H2,1H3,(H,18,20). The number of nitrogens with zero attached hydrogens (tertiary/aromatic N) is 1. The Morgan fingerprint density at radius 3 is 2.83 bits per heavy atom. The van der Waals surface area contributed by atoms with Gasteiger partial charge in [-0.15, -0.1) is 0 Å². The molecular weight excluding hydrogens is 336 g/mol. The summed E-state index contributed by atoms with van der Waals surface area (Å²) in [4.78, 5) is 16.2. The molecule has 0 spiro atoms. The number of ether oxygens (including phenoxy) is 1. The average molecular weight is 349 g/mol. The van der Waals surface area contributed by atoms with Crippen LogP contribution < -0.4 is 10.1 Å². The fourth-order valence-electron chi connectivity index (χ4n) is 1.94. The lowest BCUT2D eigenvalue weighted by molar-refractivity contribution is -0.113. The summed E-state index contributed by atoms with van der Waals surface area (Å²) >= 11 is 7.14. The van der Waals surface area contributed by atoms with Crippen LogP contribution in [0, 0.1) is 0 Å². The third-order valence-electron chi connectivity index (χ3n) is 3.03. The van der Waals surface area contributed by atoms with Crippen molar-refractivity contribution in [1.82, 2.24) is 4.98 Å². The van der Waals surface area contributed by atoms with Gasteiger partial charge in [-0.25, -0.2) is 4.98 Å². The molecule has 5 nitrogen and oxygen atoms in total. The maximum Gasteiger partial charge on any atom is 0.257 e. The van der Waals surface area contributed by atoms with E-state index in [1.807, 2.05) is 0 Å². The molecule has 2 aromatic carbocycles. The topological polar surface area (TPSA) is 64.4 Å². The van der Waals surface area contributed by atoms with Crippen molar-refractivity contribution in [3.05, 3.63) is 47.5 Å². The van der Waals surface area contributed by atoms with Crippen molar-refractivity contribution >= 4 is 46.1 Å². The lowest BCUT2D eigenvalue weighted by Gasteiger charge is -2.05. The van der Waals surface area contributed by atoms with E-state index in [0.29, 0.717) is 27.0 Å². The summed E-state index contributed by atoms with van der Waals surface area (Å²) in [7, 11) is 1.59. The third-order valence-corrected chi connectivity index (χ3v) is 4.09. The van der Waals surface area contributed by atoms with Crippen LogP contribution in [0.1, 0.15) is 0 Å². The van der Waals surface area contributed by atoms with Crippen molar-refractivity contribution in [1.29, 1.82) is 0 Å². The molecule has 1 N–H and O–H groups in total. The lowest BCUT2D eigenvalue weighted by Crippen LogP contribution is -2.13. The lowest BCUT2D eigenvalue weighted by atomic mass is 10.3. The average Bonchev–Trinajstić information content (AvgIpc) is 2.95. The van der Waals surface area contributed by atoms with Crippen molar-refractivity contribution in [2.75, 3.05) is 18.2 Å². The van der Waals surface area contributed by atoms with Crippen LogP contribution in [-0.2, 0) is 4.79 Å². The minimum atomic E-state index is -0.138. The summed E-state index contributed by atoms with van der Waals surface area (Å²) in [5.41, 5.74) is 2.03. The number of hydrogen-bond acceptors (Lipinski definition) is 5. The van der Waals surface area contributed by atoms with Crippen LogP contribution in [0.4, 0.5) is 5.69 Å². The summed E-state index contributed by atoms with van der Waals surface area (Å²) in [6.07, 6.45) is 0. The molecule has 0 saturated heterocycles. The Labute approximate surface area is 142 Å². The first-order valence-corrected chi connectivity index (χ1v) is 8.13. The van der Waals surface area contributed by atoms with Crippen molar-refractivity contribution < 1.29 is 13.9 Å². The van der Waals surface area contributed by atoms with Gasteiger partial charge in [0.1, 0.15) is 11.3 Å².